The lowest BCUT2D eigenvalue weighted by atomic mass is 10.0. The van der Waals surface area contributed by atoms with Gasteiger partial charge in [0.2, 0.25) is 0 Å². The number of nitrogens with one attached hydrogen (secondary N) is 2. The lowest BCUT2D eigenvalue weighted by Gasteiger charge is -2.12. The first kappa shape index (κ1) is 30.4. The number of thiazole rings is 1. The molecule has 0 saturated carbocycles. The molecule has 2 heterocycles. The van der Waals surface area contributed by atoms with Crippen molar-refractivity contribution in [3.05, 3.63) is 144 Å². The fourth-order valence-corrected chi connectivity index (χ4v) is 6.79. The van der Waals surface area contributed by atoms with Crippen LogP contribution >= 0.6 is 11.3 Å². The van der Waals surface area contributed by atoms with Crippen LogP contribution in [0, 0.1) is 0 Å². The van der Waals surface area contributed by atoms with E-state index in [1.54, 1.807) is 54.9 Å². The zero-order valence-corrected chi connectivity index (χ0v) is 26.0. The number of benzene rings is 4. The highest BCUT2D eigenvalue weighted by Crippen LogP contribution is 2.31. The molecule has 1 unspecified atom stereocenters. The van der Waals surface area contributed by atoms with Crippen LogP contribution < -0.4 is 10.0 Å². The van der Waals surface area contributed by atoms with E-state index in [0.717, 1.165) is 44.9 Å². The summed E-state index contributed by atoms with van der Waals surface area (Å²) in [7, 11) is -3.76. The summed E-state index contributed by atoms with van der Waals surface area (Å²) in [6, 6.07) is 36.3. The first-order valence-electron chi connectivity index (χ1n) is 14.6. The van der Waals surface area contributed by atoms with Gasteiger partial charge in [-0.1, -0.05) is 84.9 Å². The van der Waals surface area contributed by atoms with E-state index >= 15 is 0 Å². The normalized spacial score (nSPS) is 12.1. The highest BCUT2D eigenvalue weighted by atomic mass is 32.2. The van der Waals surface area contributed by atoms with E-state index in [-0.39, 0.29) is 4.90 Å². The number of anilines is 1. The molecule has 0 aliphatic carbocycles. The molecule has 2 aromatic heterocycles. The number of aliphatic hydroxyl groups is 1. The minimum atomic E-state index is -3.76. The van der Waals surface area contributed by atoms with Crippen LogP contribution in [0.25, 0.3) is 33.0 Å². The Labute approximate surface area is 267 Å². The van der Waals surface area contributed by atoms with Gasteiger partial charge in [0, 0.05) is 46.7 Å². The van der Waals surface area contributed by atoms with Crippen LogP contribution in [0.15, 0.2) is 138 Å². The predicted octanol–water partition coefficient (Wildman–Crippen LogP) is 7.21. The Morgan fingerprint density at radius 3 is 2.16 bits per heavy atom. The summed E-state index contributed by atoms with van der Waals surface area (Å²) in [4.78, 5) is 9.02. The van der Waals surface area contributed by atoms with Gasteiger partial charge in [-0.3, -0.25) is 9.71 Å². The molecule has 6 rings (SSSR count). The van der Waals surface area contributed by atoms with Gasteiger partial charge < -0.3 is 10.4 Å². The first-order valence-corrected chi connectivity index (χ1v) is 16.9. The van der Waals surface area contributed by atoms with E-state index in [2.05, 4.69) is 51.4 Å². The van der Waals surface area contributed by atoms with Crippen LogP contribution in [0.4, 0.5) is 5.69 Å². The summed E-state index contributed by atoms with van der Waals surface area (Å²) in [5, 5.41) is 16.3. The van der Waals surface area contributed by atoms with Crippen LogP contribution in [-0.4, -0.2) is 36.6 Å². The van der Waals surface area contributed by atoms with Crippen molar-refractivity contribution in [3.8, 4) is 33.0 Å². The third-order valence-corrected chi connectivity index (χ3v) is 9.70. The number of nitrogens with zero attached hydrogens (tertiary/aromatic N) is 2. The van der Waals surface area contributed by atoms with Crippen molar-refractivity contribution in [3.63, 3.8) is 0 Å². The number of aromatic nitrogens is 2. The molecule has 4 aromatic carbocycles. The van der Waals surface area contributed by atoms with Crippen molar-refractivity contribution in [1.82, 2.24) is 15.3 Å². The molecule has 7 nitrogen and oxygen atoms in total. The summed E-state index contributed by atoms with van der Waals surface area (Å²) in [6.07, 6.45) is 3.46. The van der Waals surface area contributed by atoms with Crippen LogP contribution in [0.2, 0.25) is 0 Å². The number of aliphatic hydroxyl groups excluding tert-OH is 1. The zero-order valence-electron chi connectivity index (χ0n) is 24.4. The molecule has 0 fully saturated rings. The van der Waals surface area contributed by atoms with Crippen molar-refractivity contribution in [2.45, 2.75) is 17.4 Å². The fraction of sp³-hybridized carbons (Fsp3) is 0.111. The summed E-state index contributed by atoms with van der Waals surface area (Å²) < 4.78 is 28.8. The smallest absolute Gasteiger partial charge is 0.261 e. The van der Waals surface area contributed by atoms with Gasteiger partial charge in [0.05, 0.1) is 16.7 Å². The summed E-state index contributed by atoms with van der Waals surface area (Å²) in [5.74, 6) is 0. The Bertz CT molecular complexity index is 1930. The second-order valence-corrected chi connectivity index (χ2v) is 13.1. The molecule has 45 heavy (non-hydrogen) atoms. The van der Waals surface area contributed by atoms with Crippen LogP contribution in [-0.2, 0) is 16.4 Å². The number of sulfonamides is 1. The van der Waals surface area contributed by atoms with E-state index in [1.165, 1.54) is 16.9 Å². The van der Waals surface area contributed by atoms with E-state index < -0.39 is 16.1 Å². The first-order chi connectivity index (χ1) is 21.9. The topological polar surface area (TPSA) is 104 Å². The molecule has 0 spiro atoms. The maximum absolute atomic E-state index is 13.1. The van der Waals surface area contributed by atoms with E-state index in [0.29, 0.717) is 18.8 Å². The van der Waals surface area contributed by atoms with Gasteiger partial charge in [-0.05, 0) is 60.0 Å². The molecular weight excluding hydrogens is 601 g/mol. The van der Waals surface area contributed by atoms with Crippen LogP contribution in [0.3, 0.4) is 0 Å². The van der Waals surface area contributed by atoms with Gasteiger partial charge in [-0.15, -0.1) is 11.3 Å². The third kappa shape index (κ3) is 7.71. The number of rotatable bonds is 12. The van der Waals surface area contributed by atoms with E-state index in [4.69, 9.17) is 4.98 Å². The highest BCUT2D eigenvalue weighted by Gasteiger charge is 2.15. The van der Waals surface area contributed by atoms with Crippen LogP contribution in [0.5, 0.6) is 0 Å². The van der Waals surface area contributed by atoms with Gasteiger partial charge in [-0.25, -0.2) is 13.4 Å². The number of pyridine rings is 1. The third-order valence-electron chi connectivity index (χ3n) is 7.41. The van der Waals surface area contributed by atoms with Crippen molar-refractivity contribution in [2.24, 2.45) is 0 Å². The Balaban J connectivity index is 1.02. The number of hydrogen-bond acceptors (Lipinski definition) is 7. The fourth-order valence-electron chi connectivity index (χ4n) is 4.90. The Morgan fingerprint density at radius 2 is 1.44 bits per heavy atom. The highest BCUT2D eigenvalue weighted by molar-refractivity contribution is 7.92. The van der Waals surface area contributed by atoms with Crippen molar-refractivity contribution in [2.75, 3.05) is 17.8 Å². The largest absolute Gasteiger partial charge is 0.387 e. The van der Waals surface area contributed by atoms with Crippen molar-refractivity contribution >= 4 is 27.0 Å². The minimum absolute atomic E-state index is 0.181. The van der Waals surface area contributed by atoms with Gasteiger partial charge in [-0.2, -0.15) is 0 Å². The second kappa shape index (κ2) is 14.0. The predicted molar refractivity (Wildman–Crippen MR) is 181 cm³/mol. The minimum Gasteiger partial charge on any atom is -0.387 e. The van der Waals surface area contributed by atoms with E-state index in [9.17, 15) is 13.5 Å². The lowest BCUT2D eigenvalue weighted by molar-refractivity contribution is 0.174. The molecule has 0 bridgehead atoms. The van der Waals surface area contributed by atoms with Gasteiger partial charge >= 0.3 is 0 Å². The molecule has 0 saturated heterocycles. The monoisotopic (exact) mass is 632 g/mol. The quantitative estimate of drug-likeness (QED) is 0.123. The average Bonchev–Trinajstić information content (AvgIpc) is 3.59. The molecule has 0 aliphatic heterocycles. The maximum atomic E-state index is 13.1. The van der Waals surface area contributed by atoms with Crippen molar-refractivity contribution < 1.29 is 13.5 Å². The van der Waals surface area contributed by atoms with Gasteiger partial charge in [0.15, 0.2) is 0 Å². The molecule has 6 aromatic rings. The molecule has 0 aliphatic rings. The van der Waals surface area contributed by atoms with Gasteiger partial charge in [0.1, 0.15) is 5.01 Å². The molecule has 1 atom stereocenters. The van der Waals surface area contributed by atoms with Crippen LogP contribution in [0.1, 0.15) is 17.2 Å². The zero-order chi connectivity index (χ0) is 31.1. The molecule has 9 heteroatoms. The van der Waals surface area contributed by atoms with Gasteiger partial charge in [0.25, 0.3) is 10.0 Å². The summed E-state index contributed by atoms with van der Waals surface area (Å²) in [5.41, 5.74) is 7.41. The molecule has 0 amide bonds. The summed E-state index contributed by atoms with van der Waals surface area (Å²) >= 11 is 1.53. The van der Waals surface area contributed by atoms with E-state index in [1.807, 2.05) is 41.8 Å². The Morgan fingerprint density at radius 1 is 0.756 bits per heavy atom. The summed E-state index contributed by atoms with van der Waals surface area (Å²) in [6.45, 7) is 1.10. The molecule has 0 radical (unpaired) electrons. The maximum Gasteiger partial charge on any atom is 0.261 e. The SMILES string of the molecule is O=S(=O)(Nc1ccc(CCNCC(O)c2cccnc2)cc1)c1ccc(-c2nc(-c3ccc(-c4ccccc4)cc3)cs2)cc1. The average molecular weight is 633 g/mol. The molecule has 226 valence electrons. The molecule has 3 N–H and O–H groups in total. The lowest BCUT2D eigenvalue weighted by Crippen LogP contribution is -2.23. The molecular formula is C36H32N4O3S2. The number of hydrogen-bond donors (Lipinski definition) is 3. The second-order valence-electron chi connectivity index (χ2n) is 10.6. The Hall–Kier alpha value is -4.67. The standard InChI is InChI=1S/C36H32N4O3S2/c41-35(31-7-4-21-37-23-31)24-38-22-20-26-8-16-32(17-9-26)40-45(42,43)33-18-14-30(15-19-33)36-39-34(25-44-36)29-12-10-28(11-13-29)27-5-2-1-3-6-27/h1-19,21,23,25,35,38,40-41H,20,22,24H2. The Kier molecular flexibility index (Phi) is 9.42. The van der Waals surface area contributed by atoms with Crippen molar-refractivity contribution in [1.29, 1.82) is 0 Å².